The van der Waals surface area contributed by atoms with Crippen LogP contribution in [0.25, 0.3) is 0 Å². The van der Waals surface area contributed by atoms with Crippen LogP contribution in [0.15, 0.2) is 48.5 Å². The van der Waals surface area contributed by atoms with E-state index in [-0.39, 0.29) is 11.9 Å². The number of fused-ring (bicyclic) bond motifs is 1. The van der Waals surface area contributed by atoms with E-state index in [9.17, 15) is 4.79 Å². The van der Waals surface area contributed by atoms with E-state index in [0.717, 1.165) is 11.3 Å². The largest absolute Gasteiger partial charge is 0.491 e. The van der Waals surface area contributed by atoms with Crippen LogP contribution in [0, 0.1) is 11.3 Å². The first-order valence-corrected chi connectivity index (χ1v) is 7.23. The second kappa shape index (κ2) is 5.90. The van der Waals surface area contributed by atoms with Crippen LogP contribution in [-0.2, 0) is 0 Å². The van der Waals surface area contributed by atoms with Crippen molar-refractivity contribution in [2.24, 2.45) is 0 Å². The topological polar surface area (TPSA) is 53.3 Å². The molecule has 4 nitrogen and oxygen atoms in total. The third-order valence-electron chi connectivity index (χ3n) is 3.93. The molecule has 0 spiro atoms. The fraction of sp³-hybridized carbons (Fsp3) is 0.222. The number of carbonyl (C=O) groups excluding carboxylic acids is 1. The average molecular weight is 292 g/mol. The normalized spacial score (nSPS) is 16.9. The zero-order valence-corrected chi connectivity index (χ0v) is 12.3. The second-order valence-corrected chi connectivity index (χ2v) is 5.25. The smallest absolute Gasteiger partial charge is 0.254 e. The van der Waals surface area contributed by atoms with Crippen LogP contribution in [-0.4, -0.2) is 24.0 Å². The Morgan fingerprint density at radius 1 is 1.27 bits per heavy atom. The first-order chi connectivity index (χ1) is 10.7. The number of para-hydroxylation sites is 1. The molecule has 0 bridgehead atoms. The van der Waals surface area contributed by atoms with Gasteiger partial charge in [-0.3, -0.25) is 4.79 Å². The number of benzene rings is 2. The van der Waals surface area contributed by atoms with Crippen LogP contribution in [0.1, 0.15) is 34.5 Å². The highest BCUT2D eigenvalue weighted by atomic mass is 16.5. The van der Waals surface area contributed by atoms with Gasteiger partial charge in [-0.05, 0) is 31.2 Å². The van der Waals surface area contributed by atoms with Gasteiger partial charge in [-0.2, -0.15) is 5.26 Å². The molecule has 0 saturated heterocycles. The SMILES string of the molecule is CC1c2ccccc2OCCN1C(=O)c1cccc(C#N)c1. The van der Waals surface area contributed by atoms with Gasteiger partial charge in [-0.15, -0.1) is 0 Å². The number of nitriles is 1. The molecule has 0 saturated carbocycles. The molecule has 1 amide bonds. The minimum Gasteiger partial charge on any atom is -0.491 e. The van der Waals surface area contributed by atoms with Gasteiger partial charge in [0.15, 0.2) is 0 Å². The molecule has 2 aromatic rings. The molecule has 3 rings (SSSR count). The molecule has 1 aliphatic rings. The minimum absolute atomic E-state index is 0.0723. The highest BCUT2D eigenvalue weighted by molar-refractivity contribution is 5.95. The third kappa shape index (κ3) is 2.53. The van der Waals surface area contributed by atoms with Crippen LogP contribution in [0.3, 0.4) is 0 Å². The molecule has 2 aromatic carbocycles. The fourth-order valence-corrected chi connectivity index (χ4v) is 2.74. The summed E-state index contributed by atoms with van der Waals surface area (Å²) >= 11 is 0. The van der Waals surface area contributed by atoms with Crippen LogP contribution < -0.4 is 4.74 Å². The number of hydrogen-bond acceptors (Lipinski definition) is 3. The van der Waals surface area contributed by atoms with Crippen LogP contribution in [0.5, 0.6) is 5.75 Å². The maximum Gasteiger partial charge on any atom is 0.254 e. The Hall–Kier alpha value is -2.80. The Morgan fingerprint density at radius 3 is 2.91 bits per heavy atom. The summed E-state index contributed by atoms with van der Waals surface area (Å²) in [6.07, 6.45) is 0. The molecule has 0 fully saturated rings. The molecule has 110 valence electrons. The third-order valence-corrected chi connectivity index (χ3v) is 3.93. The van der Waals surface area contributed by atoms with Gasteiger partial charge in [0.05, 0.1) is 24.2 Å². The number of carbonyl (C=O) groups is 1. The van der Waals surface area contributed by atoms with Crippen LogP contribution in [0.2, 0.25) is 0 Å². The van der Waals surface area contributed by atoms with E-state index >= 15 is 0 Å². The molecule has 0 radical (unpaired) electrons. The van der Waals surface area contributed by atoms with Crippen molar-refractivity contribution in [1.29, 1.82) is 5.26 Å². The predicted molar refractivity (Wildman–Crippen MR) is 82.5 cm³/mol. The molecule has 4 heteroatoms. The van der Waals surface area contributed by atoms with Crippen molar-refractivity contribution in [3.63, 3.8) is 0 Å². The first-order valence-electron chi connectivity index (χ1n) is 7.23. The summed E-state index contributed by atoms with van der Waals surface area (Å²) in [7, 11) is 0. The monoisotopic (exact) mass is 292 g/mol. The molecular formula is C18H16N2O2. The molecule has 0 aromatic heterocycles. The number of nitrogens with zero attached hydrogens (tertiary/aromatic N) is 2. The van der Waals surface area contributed by atoms with E-state index in [1.54, 1.807) is 29.2 Å². The van der Waals surface area contributed by atoms with Gasteiger partial charge in [0.1, 0.15) is 12.4 Å². The summed E-state index contributed by atoms with van der Waals surface area (Å²) in [5.74, 6) is 0.751. The molecule has 0 aliphatic carbocycles. The van der Waals surface area contributed by atoms with Crippen LogP contribution >= 0.6 is 0 Å². The zero-order chi connectivity index (χ0) is 15.5. The van der Waals surface area contributed by atoms with Crippen molar-refractivity contribution in [2.75, 3.05) is 13.2 Å². The van der Waals surface area contributed by atoms with Crippen molar-refractivity contribution >= 4 is 5.91 Å². The molecule has 1 atom stereocenters. The van der Waals surface area contributed by atoms with Gasteiger partial charge >= 0.3 is 0 Å². The Balaban J connectivity index is 1.94. The molecule has 1 aliphatic heterocycles. The Bertz CT molecular complexity index is 749. The Labute approximate surface area is 129 Å². The Morgan fingerprint density at radius 2 is 2.09 bits per heavy atom. The summed E-state index contributed by atoms with van der Waals surface area (Å²) in [6.45, 7) is 2.98. The van der Waals surface area contributed by atoms with Crippen molar-refractivity contribution < 1.29 is 9.53 Å². The van der Waals surface area contributed by atoms with E-state index in [4.69, 9.17) is 10.00 Å². The molecule has 1 heterocycles. The van der Waals surface area contributed by atoms with Gasteiger partial charge in [-0.1, -0.05) is 24.3 Å². The first kappa shape index (κ1) is 14.2. The van der Waals surface area contributed by atoms with Crippen molar-refractivity contribution in [2.45, 2.75) is 13.0 Å². The fourth-order valence-electron chi connectivity index (χ4n) is 2.74. The van der Waals surface area contributed by atoms with E-state index in [2.05, 4.69) is 6.07 Å². The second-order valence-electron chi connectivity index (χ2n) is 5.25. The van der Waals surface area contributed by atoms with E-state index < -0.39 is 0 Å². The van der Waals surface area contributed by atoms with E-state index in [1.165, 1.54) is 0 Å². The predicted octanol–water partition coefficient (Wildman–Crippen LogP) is 3.15. The summed E-state index contributed by atoms with van der Waals surface area (Å²) < 4.78 is 5.73. The van der Waals surface area contributed by atoms with E-state index in [0.29, 0.717) is 24.3 Å². The summed E-state index contributed by atoms with van der Waals surface area (Å²) in [5, 5.41) is 8.99. The van der Waals surface area contributed by atoms with Crippen molar-refractivity contribution in [3.05, 3.63) is 65.2 Å². The highest BCUT2D eigenvalue weighted by Gasteiger charge is 2.27. The molecule has 0 N–H and O–H groups in total. The lowest BCUT2D eigenvalue weighted by Crippen LogP contribution is -2.35. The maximum atomic E-state index is 12.8. The molecule has 22 heavy (non-hydrogen) atoms. The van der Waals surface area contributed by atoms with Crippen molar-refractivity contribution in [3.8, 4) is 11.8 Å². The van der Waals surface area contributed by atoms with E-state index in [1.807, 2.05) is 31.2 Å². The summed E-state index contributed by atoms with van der Waals surface area (Å²) in [5.41, 5.74) is 2.03. The minimum atomic E-state index is -0.0788. The standard InChI is InChI=1S/C18H16N2O2/c1-13-16-7-2-3-8-17(16)22-10-9-20(13)18(21)15-6-4-5-14(11-15)12-19/h2-8,11,13H,9-10H2,1H3. The lowest BCUT2D eigenvalue weighted by Gasteiger charge is -2.27. The van der Waals surface area contributed by atoms with Gasteiger partial charge in [0.2, 0.25) is 0 Å². The zero-order valence-electron chi connectivity index (χ0n) is 12.3. The van der Waals surface area contributed by atoms with Gasteiger partial charge < -0.3 is 9.64 Å². The lowest BCUT2D eigenvalue weighted by molar-refractivity contribution is 0.0682. The summed E-state index contributed by atoms with van der Waals surface area (Å²) in [4.78, 5) is 14.6. The number of hydrogen-bond donors (Lipinski definition) is 0. The molecule has 1 unspecified atom stereocenters. The van der Waals surface area contributed by atoms with Crippen molar-refractivity contribution in [1.82, 2.24) is 4.90 Å². The van der Waals surface area contributed by atoms with Gasteiger partial charge in [0.25, 0.3) is 5.91 Å². The van der Waals surface area contributed by atoms with Gasteiger partial charge in [0, 0.05) is 11.1 Å². The Kier molecular flexibility index (Phi) is 3.80. The van der Waals surface area contributed by atoms with Crippen LogP contribution in [0.4, 0.5) is 0 Å². The highest BCUT2D eigenvalue weighted by Crippen LogP contribution is 2.32. The number of amides is 1. The van der Waals surface area contributed by atoms with Gasteiger partial charge in [-0.25, -0.2) is 0 Å². The number of ether oxygens (including phenoxy) is 1. The number of rotatable bonds is 1. The molecular weight excluding hydrogens is 276 g/mol. The quantitative estimate of drug-likeness (QED) is 0.811. The average Bonchev–Trinajstić information content (AvgIpc) is 2.74. The summed E-state index contributed by atoms with van der Waals surface area (Å²) in [6, 6.07) is 16.6. The maximum absolute atomic E-state index is 12.8. The lowest BCUT2D eigenvalue weighted by atomic mass is 10.0.